The Morgan fingerprint density at radius 1 is 1.35 bits per heavy atom. The number of carbonyl (C=O) groups is 1. The van der Waals surface area contributed by atoms with Crippen LogP contribution in [0.15, 0.2) is 24.3 Å². The second kappa shape index (κ2) is 4.77. The lowest BCUT2D eigenvalue weighted by molar-refractivity contribution is 0.0563. The third kappa shape index (κ3) is 2.29. The Kier molecular flexibility index (Phi) is 3.21. The van der Waals surface area contributed by atoms with Crippen molar-refractivity contribution in [2.75, 3.05) is 18.0 Å². The molecule has 2 atom stereocenters. The number of fused-ring (bicyclic) bond motifs is 3. The van der Waals surface area contributed by atoms with E-state index in [0.717, 1.165) is 25.2 Å². The molecular formula is C16H22N2O2. The van der Waals surface area contributed by atoms with Crippen LogP contribution in [0.5, 0.6) is 0 Å². The van der Waals surface area contributed by atoms with Gasteiger partial charge in [0.2, 0.25) is 0 Å². The van der Waals surface area contributed by atoms with Crippen molar-refractivity contribution in [3.8, 4) is 0 Å². The normalized spacial score (nSPS) is 25.1. The highest BCUT2D eigenvalue weighted by Gasteiger charge is 2.43. The van der Waals surface area contributed by atoms with Gasteiger partial charge >= 0.3 is 6.09 Å². The molecule has 1 amide bonds. The number of anilines is 1. The predicted octanol–water partition coefficient (Wildman–Crippen LogP) is 2.89. The van der Waals surface area contributed by atoms with Crippen molar-refractivity contribution in [2.45, 2.75) is 44.8 Å². The number of carbonyl (C=O) groups excluding carboxylic acids is 1. The number of nitrogens with zero attached hydrogens (tertiary/aromatic N) is 1. The first-order valence-corrected chi connectivity index (χ1v) is 7.29. The minimum atomic E-state index is -0.466. The molecular weight excluding hydrogens is 252 g/mol. The summed E-state index contributed by atoms with van der Waals surface area (Å²) in [7, 11) is 0. The standard InChI is InChI=1S/C16H22N2O2/c1-16(2,3)20-15(19)18-13-7-5-4-6-11(13)12-8-9-17-10-14(12)18/h4-7,12,14,17H,8-10H2,1-3H3. The summed E-state index contributed by atoms with van der Waals surface area (Å²) in [4.78, 5) is 14.4. The molecule has 2 heterocycles. The van der Waals surface area contributed by atoms with Crippen LogP contribution in [0.2, 0.25) is 0 Å². The van der Waals surface area contributed by atoms with Gasteiger partial charge in [-0.05, 0) is 45.4 Å². The maximum Gasteiger partial charge on any atom is 0.415 e. The number of nitrogens with one attached hydrogen (secondary N) is 1. The van der Waals surface area contributed by atoms with Crippen LogP contribution >= 0.6 is 0 Å². The van der Waals surface area contributed by atoms with Crippen molar-refractivity contribution in [3.05, 3.63) is 29.8 Å². The molecule has 2 aliphatic heterocycles. The average Bonchev–Trinajstić information content (AvgIpc) is 2.71. The topological polar surface area (TPSA) is 41.6 Å². The van der Waals surface area contributed by atoms with Gasteiger partial charge < -0.3 is 10.1 Å². The highest BCUT2D eigenvalue weighted by Crippen LogP contribution is 2.44. The molecule has 108 valence electrons. The average molecular weight is 274 g/mol. The highest BCUT2D eigenvalue weighted by atomic mass is 16.6. The Hall–Kier alpha value is -1.55. The minimum absolute atomic E-state index is 0.177. The van der Waals surface area contributed by atoms with Crippen molar-refractivity contribution in [1.82, 2.24) is 5.32 Å². The zero-order valence-electron chi connectivity index (χ0n) is 12.3. The number of ether oxygens (including phenoxy) is 1. The van der Waals surface area contributed by atoms with Crippen molar-refractivity contribution < 1.29 is 9.53 Å². The van der Waals surface area contributed by atoms with Crippen LogP contribution in [-0.4, -0.2) is 30.8 Å². The van der Waals surface area contributed by atoms with Crippen LogP contribution in [0.1, 0.15) is 38.7 Å². The van der Waals surface area contributed by atoms with Gasteiger partial charge in [0.1, 0.15) is 5.60 Å². The van der Waals surface area contributed by atoms with E-state index >= 15 is 0 Å². The summed E-state index contributed by atoms with van der Waals surface area (Å²) in [5, 5.41) is 3.39. The third-order valence-corrected chi connectivity index (χ3v) is 3.97. The lowest BCUT2D eigenvalue weighted by Gasteiger charge is -2.33. The van der Waals surface area contributed by atoms with Gasteiger partial charge in [0.15, 0.2) is 0 Å². The summed E-state index contributed by atoms with van der Waals surface area (Å²) in [6, 6.07) is 8.38. The zero-order valence-corrected chi connectivity index (χ0v) is 12.3. The van der Waals surface area contributed by atoms with Crippen LogP contribution in [0, 0.1) is 0 Å². The molecule has 1 aromatic rings. The molecule has 0 radical (unpaired) electrons. The molecule has 0 saturated carbocycles. The van der Waals surface area contributed by atoms with Crippen LogP contribution in [0.4, 0.5) is 10.5 Å². The minimum Gasteiger partial charge on any atom is -0.443 e. The van der Waals surface area contributed by atoms with Gasteiger partial charge in [0.05, 0.1) is 11.7 Å². The molecule has 1 aromatic carbocycles. The van der Waals surface area contributed by atoms with Crippen molar-refractivity contribution in [1.29, 1.82) is 0 Å². The van der Waals surface area contributed by atoms with E-state index in [-0.39, 0.29) is 12.1 Å². The van der Waals surface area contributed by atoms with Gasteiger partial charge in [0.25, 0.3) is 0 Å². The van der Waals surface area contributed by atoms with Crippen LogP contribution < -0.4 is 10.2 Å². The van der Waals surface area contributed by atoms with Crippen LogP contribution in [0.3, 0.4) is 0 Å². The van der Waals surface area contributed by atoms with Gasteiger partial charge in [-0.1, -0.05) is 18.2 Å². The van der Waals surface area contributed by atoms with Gasteiger partial charge in [-0.25, -0.2) is 4.79 Å². The van der Waals surface area contributed by atoms with E-state index in [0.29, 0.717) is 5.92 Å². The molecule has 0 aromatic heterocycles. The number of piperidine rings is 1. The molecule has 2 unspecified atom stereocenters. The first-order chi connectivity index (χ1) is 9.47. The molecule has 0 spiro atoms. The van der Waals surface area contributed by atoms with Gasteiger partial charge in [-0.2, -0.15) is 0 Å². The smallest absolute Gasteiger partial charge is 0.415 e. The summed E-state index contributed by atoms with van der Waals surface area (Å²) in [5.74, 6) is 0.431. The third-order valence-electron chi connectivity index (χ3n) is 3.97. The second-order valence-electron chi connectivity index (χ2n) is 6.58. The van der Waals surface area contributed by atoms with E-state index < -0.39 is 5.60 Å². The van der Waals surface area contributed by atoms with E-state index in [1.54, 1.807) is 0 Å². The van der Waals surface area contributed by atoms with E-state index in [4.69, 9.17) is 4.74 Å². The lowest BCUT2D eigenvalue weighted by Crippen LogP contribution is -2.50. The quantitative estimate of drug-likeness (QED) is 0.791. The largest absolute Gasteiger partial charge is 0.443 e. The SMILES string of the molecule is CC(C)(C)OC(=O)N1c2ccccc2C2CCNCC21. The van der Waals surface area contributed by atoms with Gasteiger partial charge in [-0.15, -0.1) is 0 Å². The van der Waals surface area contributed by atoms with Gasteiger partial charge in [0, 0.05) is 12.5 Å². The Labute approximate surface area is 120 Å². The van der Waals surface area contributed by atoms with E-state index in [1.165, 1.54) is 5.56 Å². The second-order valence-corrected chi connectivity index (χ2v) is 6.58. The number of rotatable bonds is 0. The Bertz CT molecular complexity index is 521. The van der Waals surface area contributed by atoms with E-state index in [2.05, 4.69) is 17.4 Å². The summed E-state index contributed by atoms with van der Waals surface area (Å²) in [6.07, 6.45) is 0.835. The maximum atomic E-state index is 12.6. The Morgan fingerprint density at radius 3 is 2.85 bits per heavy atom. The summed E-state index contributed by atoms with van der Waals surface area (Å²) < 4.78 is 5.59. The summed E-state index contributed by atoms with van der Waals surface area (Å²) in [6.45, 7) is 7.56. The molecule has 0 aliphatic carbocycles. The fourth-order valence-electron chi connectivity index (χ4n) is 3.22. The first kappa shape index (κ1) is 13.4. The van der Waals surface area contributed by atoms with Crippen LogP contribution in [0.25, 0.3) is 0 Å². The maximum absolute atomic E-state index is 12.6. The molecule has 1 saturated heterocycles. The molecule has 3 rings (SSSR count). The highest BCUT2D eigenvalue weighted by molar-refractivity contribution is 5.92. The van der Waals surface area contributed by atoms with E-state index in [9.17, 15) is 4.79 Å². The summed E-state index contributed by atoms with van der Waals surface area (Å²) >= 11 is 0. The predicted molar refractivity (Wildman–Crippen MR) is 79.2 cm³/mol. The molecule has 20 heavy (non-hydrogen) atoms. The van der Waals surface area contributed by atoms with Gasteiger partial charge in [-0.3, -0.25) is 4.90 Å². The zero-order chi connectivity index (χ0) is 14.3. The first-order valence-electron chi connectivity index (χ1n) is 7.29. The van der Waals surface area contributed by atoms with E-state index in [1.807, 2.05) is 37.8 Å². The number of hydrogen-bond donors (Lipinski definition) is 1. The fourth-order valence-corrected chi connectivity index (χ4v) is 3.22. The van der Waals surface area contributed by atoms with Crippen molar-refractivity contribution in [2.24, 2.45) is 0 Å². The molecule has 4 nitrogen and oxygen atoms in total. The number of amides is 1. The van der Waals surface area contributed by atoms with Crippen molar-refractivity contribution >= 4 is 11.8 Å². The summed E-state index contributed by atoms with van der Waals surface area (Å²) in [5.41, 5.74) is 1.83. The lowest BCUT2D eigenvalue weighted by atomic mass is 9.89. The fraction of sp³-hybridized carbons (Fsp3) is 0.562. The number of para-hydroxylation sites is 1. The Morgan fingerprint density at radius 2 is 2.10 bits per heavy atom. The number of benzene rings is 1. The number of hydrogen-bond acceptors (Lipinski definition) is 3. The molecule has 2 aliphatic rings. The molecule has 1 fully saturated rings. The molecule has 4 heteroatoms. The van der Waals surface area contributed by atoms with Crippen molar-refractivity contribution in [3.63, 3.8) is 0 Å². The Balaban J connectivity index is 1.95. The van der Waals surface area contributed by atoms with Crippen LogP contribution in [-0.2, 0) is 4.74 Å². The monoisotopic (exact) mass is 274 g/mol. The molecule has 0 bridgehead atoms. The molecule has 1 N–H and O–H groups in total.